The first-order valence-electron chi connectivity index (χ1n) is 4.92. The number of aromatic amines is 1. The van der Waals surface area contributed by atoms with Crippen LogP contribution in [0, 0.1) is 0 Å². The van der Waals surface area contributed by atoms with Crippen molar-refractivity contribution in [3.8, 4) is 0 Å². The summed E-state index contributed by atoms with van der Waals surface area (Å²) in [6.07, 6.45) is 6.95. The number of rotatable bonds is 4. The molecule has 2 aromatic rings. The lowest BCUT2D eigenvalue weighted by Crippen LogP contribution is -1.88. The maximum Gasteiger partial charge on any atom is 0.0921 e. The summed E-state index contributed by atoms with van der Waals surface area (Å²) < 4.78 is 0. The van der Waals surface area contributed by atoms with Crippen molar-refractivity contribution in [3.05, 3.63) is 40.1 Å². The van der Waals surface area contributed by atoms with Crippen LogP contribution in [0.1, 0.15) is 23.1 Å². The minimum absolute atomic E-state index is 1.06. The molecule has 2 aromatic heterocycles. The topological polar surface area (TPSA) is 28.7 Å². The Morgan fingerprint density at radius 2 is 2.36 bits per heavy atom. The van der Waals surface area contributed by atoms with Gasteiger partial charge in [-0.2, -0.15) is 0 Å². The van der Waals surface area contributed by atoms with E-state index in [9.17, 15) is 0 Å². The van der Waals surface area contributed by atoms with Crippen molar-refractivity contribution in [1.29, 1.82) is 0 Å². The van der Waals surface area contributed by atoms with Gasteiger partial charge in [0.2, 0.25) is 0 Å². The summed E-state index contributed by atoms with van der Waals surface area (Å²) in [6, 6.07) is 2.31. The summed E-state index contributed by atoms with van der Waals surface area (Å²) in [4.78, 5) is 8.59. The molecule has 0 aromatic carbocycles. The fourth-order valence-corrected chi connectivity index (χ4v) is 2.40. The average molecular weight is 206 g/mol. The molecule has 0 atom stereocenters. The summed E-state index contributed by atoms with van der Waals surface area (Å²) >= 11 is 1.86. The van der Waals surface area contributed by atoms with Gasteiger partial charge in [0.05, 0.1) is 6.33 Å². The fraction of sp³-hybridized carbons (Fsp3) is 0.364. The van der Waals surface area contributed by atoms with Gasteiger partial charge in [0, 0.05) is 16.8 Å². The highest BCUT2D eigenvalue weighted by atomic mass is 32.1. The Morgan fingerprint density at radius 3 is 3.00 bits per heavy atom. The number of hydrogen-bond acceptors (Lipinski definition) is 2. The molecule has 14 heavy (non-hydrogen) atoms. The molecule has 2 rings (SSSR count). The van der Waals surface area contributed by atoms with Crippen LogP contribution < -0.4 is 0 Å². The Hall–Kier alpha value is -1.09. The van der Waals surface area contributed by atoms with Gasteiger partial charge in [-0.1, -0.05) is 6.92 Å². The highest BCUT2D eigenvalue weighted by Gasteiger charge is 1.99. The smallest absolute Gasteiger partial charge is 0.0921 e. The highest BCUT2D eigenvalue weighted by molar-refractivity contribution is 7.10. The molecule has 0 fully saturated rings. The molecule has 0 bridgehead atoms. The molecule has 0 amide bonds. The Bertz CT molecular complexity index is 376. The van der Waals surface area contributed by atoms with Gasteiger partial charge < -0.3 is 4.98 Å². The van der Waals surface area contributed by atoms with Crippen LogP contribution in [0.2, 0.25) is 0 Å². The van der Waals surface area contributed by atoms with Gasteiger partial charge in [-0.3, -0.25) is 0 Å². The second kappa shape index (κ2) is 4.42. The molecule has 0 saturated heterocycles. The third-order valence-electron chi connectivity index (χ3n) is 2.31. The molecule has 0 unspecified atom stereocenters. The van der Waals surface area contributed by atoms with E-state index in [0.29, 0.717) is 0 Å². The minimum atomic E-state index is 1.06. The third kappa shape index (κ3) is 2.23. The van der Waals surface area contributed by atoms with Crippen molar-refractivity contribution in [3.63, 3.8) is 0 Å². The van der Waals surface area contributed by atoms with E-state index in [0.717, 1.165) is 19.3 Å². The number of aromatic nitrogens is 2. The van der Waals surface area contributed by atoms with Crippen molar-refractivity contribution in [2.24, 2.45) is 0 Å². The maximum atomic E-state index is 4.00. The second-order valence-corrected chi connectivity index (χ2v) is 4.35. The number of hydrogen-bond donors (Lipinski definition) is 1. The molecule has 0 aliphatic heterocycles. The molecule has 2 nitrogen and oxygen atoms in total. The molecule has 0 aliphatic carbocycles. The Morgan fingerprint density at radius 1 is 1.43 bits per heavy atom. The van der Waals surface area contributed by atoms with Gasteiger partial charge in [-0.15, -0.1) is 11.3 Å². The van der Waals surface area contributed by atoms with Crippen LogP contribution >= 0.6 is 11.3 Å². The molecular formula is C11H14N2S. The van der Waals surface area contributed by atoms with Gasteiger partial charge in [0.15, 0.2) is 0 Å². The van der Waals surface area contributed by atoms with Crippen LogP contribution in [0.4, 0.5) is 0 Å². The van der Waals surface area contributed by atoms with E-state index in [1.54, 1.807) is 6.33 Å². The van der Waals surface area contributed by atoms with E-state index in [1.807, 2.05) is 17.5 Å². The lowest BCUT2D eigenvalue weighted by molar-refractivity contribution is 0.940. The zero-order valence-corrected chi connectivity index (χ0v) is 9.10. The third-order valence-corrected chi connectivity index (χ3v) is 3.36. The van der Waals surface area contributed by atoms with E-state index in [-0.39, 0.29) is 0 Å². The van der Waals surface area contributed by atoms with Crippen LogP contribution in [0.15, 0.2) is 24.0 Å². The average Bonchev–Trinajstić information content (AvgIpc) is 2.86. The van der Waals surface area contributed by atoms with E-state index in [1.165, 1.54) is 16.1 Å². The van der Waals surface area contributed by atoms with Crippen LogP contribution in [0.3, 0.4) is 0 Å². The van der Waals surface area contributed by atoms with Crippen LogP contribution in [0.5, 0.6) is 0 Å². The van der Waals surface area contributed by atoms with E-state index >= 15 is 0 Å². The largest absolute Gasteiger partial charge is 0.348 e. The van der Waals surface area contributed by atoms with E-state index in [4.69, 9.17) is 0 Å². The number of nitrogens with zero attached hydrogens (tertiary/aromatic N) is 1. The van der Waals surface area contributed by atoms with Crippen LogP contribution in [-0.4, -0.2) is 9.97 Å². The molecule has 0 spiro atoms. The molecule has 0 radical (unpaired) electrons. The SMILES string of the molecule is CCc1csc(CCc2cnc[nH]2)c1. The highest BCUT2D eigenvalue weighted by Crippen LogP contribution is 2.16. The quantitative estimate of drug-likeness (QED) is 0.818. The van der Waals surface area contributed by atoms with Crippen molar-refractivity contribution >= 4 is 11.3 Å². The van der Waals surface area contributed by atoms with Gasteiger partial charge in [0.1, 0.15) is 0 Å². The van der Waals surface area contributed by atoms with Crippen molar-refractivity contribution < 1.29 is 0 Å². The zero-order valence-electron chi connectivity index (χ0n) is 8.29. The molecule has 0 aliphatic rings. The number of imidazole rings is 1. The standard InChI is InChI=1S/C11H14N2S/c1-2-9-5-11(14-7-9)4-3-10-6-12-8-13-10/h5-8H,2-4H2,1H3,(H,12,13). The summed E-state index contributed by atoms with van der Waals surface area (Å²) in [6.45, 7) is 2.20. The first-order valence-corrected chi connectivity index (χ1v) is 5.80. The number of H-pyrrole nitrogens is 1. The summed E-state index contributed by atoms with van der Waals surface area (Å²) in [5.74, 6) is 0. The van der Waals surface area contributed by atoms with Gasteiger partial charge >= 0.3 is 0 Å². The molecule has 3 heteroatoms. The van der Waals surface area contributed by atoms with Crippen molar-refractivity contribution in [2.45, 2.75) is 26.2 Å². The molecule has 1 N–H and O–H groups in total. The van der Waals surface area contributed by atoms with Gasteiger partial charge in [-0.25, -0.2) is 4.98 Å². The molecule has 0 saturated carbocycles. The monoisotopic (exact) mass is 206 g/mol. The van der Waals surface area contributed by atoms with E-state index in [2.05, 4.69) is 28.3 Å². The van der Waals surface area contributed by atoms with Crippen LogP contribution in [-0.2, 0) is 19.3 Å². The second-order valence-electron chi connectivity index (χ2n) is 3.35. The Labute approximate surface area is 88.0 Å². The first kappa shape index (κ1) is 9.46. The molecule has 74 valence electrons. The number of nitrogens with one attached hydrogen (secondary N) is 1. The Balaban J connectivity index is 1.92. The number of thiophene rings is 1. The fourth-order valence-electron chi connectivity index (χ4n) is 1.42. The molecule has 2 heterocycles. The van der Waals surface area contributed by atoms with Crippen molar-refractivity contribution in [1.82, 2.24) is 9.97 Å². The predicted molar refractivity (Wildman–Crippen MR) is 59.7 cm³/mol. The van der Waals surface area contributed by atoms with E-state index < -0.39 is 0 Å². The van der Waals surface area contributed by atoms with Gasteiger partial charge in [0.25, 0.3) is 0 Å². The molecular weight excluding hydrogens is 192 g/mol. The summed E-state index contributed by atoms with van der Waals surface area (Å²) in [7, 11) is 0. The zero-order chi connectivity index (χ0) is 9.80. The van der Waals surface area contributed by atoms with Crippen molar-refractivity contribution in [2.75, 3.05) is 0 Å². The van der Waals surface area contributed by atoms with Crippen LogP contribution in [0.25, 0.3) is 0 Å². The lowest BCUT2D eigenvalue weighted by Gasteiger charge is -1.94. The summed E-state index contributed by atoms with van der Waals surface area (Å²) in [5.41, 5.74) is 2.67. The Kier molecular flexibility index (Phi) is 2.99. The lowest BCUT2D eigenvalue weighted by atomic mass is 10.2. The minimum Gasteiger partial charge on any atom is -0.348 e. The van der Waals surface area contributed by atoms with Gasteiger partial charge in [-0.05, 0) is 36.3 Å². The summed E-state index contributed by atoms with van der Waals surface area (Å²) in [5, 5.41) is 2.25. The number of aryl methyl sites for hydroxylation is 3. The predicted octanol–water partition coefficient (Wildman–Crippen LogP) is 2.82. The normalized spacial score (nSPS) is 10.6. The first-order chi connectivity index (χ1) is 6.88. The maximum absolute atomic E-state index is 4.00.